The minimum Gasteiger partial charge on any atom is -0.379 e. The molecule has 3 rings (SSSR count). The van der Waals surface area contributed by atoms with Crippen molar-refractivity contribution in [3.8, 4) is 0 Å². The van der Waals surface area contributed by atoms with Crippen LogP contribution in [0.15, 0.2) is 41.9 Å². The van der Waals surface area contributed by atoms with E-state index < -0.39 is 24.2 Å². The van der Waals surface area contributed by atoms with Crippen LogP contribution in [-0.4, -0.2) is 90.7 Å². The standard InChI is InChI=1S/C35H55N5O5S/c1-9-23(4)31(39(6)35(43)30(36)22(2)3)28(44-7)21-29(41)40-18-13-16-27(40)32(45-8)24(5)33(42)38-26(34-37-17-19-46-34)20-25-14-11-10-12-15-25/h10-12,14-15,17,19,22-24,26-28,30-32H,9,13,16,18,20-21,36H2,1-8H3,(H,38,42)/t23-,24+,26-,27-,28+,30?,31?,32+/m0/s1. The number of likely N-dealkylation sites (N-methyl/N-ethyl adjacent to an activating group) is 1. The SMILES string of the molecule is CC[C@H](C)C([C@@H](CC(=O)N1CCC[C@H]1[C@H](OC)[C@@H](C)C(=O)N[C@@H](Cc1ccccc1)c1nccs1)OC)N(C)C(=O)C(N)C(C)C. The molecule has 2 unspecified atom stereocenters. The van der Waals surface area contributed by atoms with E-state index in [0.717, 1.165) is 29.8 Å². The van der Waals surface area contributed by atoms with Crippen molar-refractivity contribution < 1.29 is 23.9 Å². The highest BCUT2D eigenvalue weighted by Crippen LogP contribution is 2.30. The lowest BCUT2D eigenvalue weighted by atomic mass is 9.89. The van der Waals surface area contributed by atoms with Crippen molar-refractivity contribution in [1.82, 2.24) is 20.1 Å². The molecule has 0 bridgehead atoms. The summed E-state index contributed by atoms with van der Waals surface area (Å²) in [6.45, 7) is 10.4. The number of methoxy groups -OCH3 is 2. The zero-order valence-corrected chi connectivity index (χ0v) is 29.7. The summed E-state index contributed by atoms with van der Waals surface area (Å²) in [6.07, 6.45) is 3.81. The number of carbonyl (C=O) groups is 3. The molecule has 1 saturated heterocycles. The number of hydrogen-bond acceptors (Lipinski definition) is 8. The van der Waals surface area contributed by atoms with Gasteiger partial charge in [-0.1, -0.05) is 71.4 Å². The van der Waals surface area contributed by atoms with Crippen LogP contribution in [0.2, 0.25) is 0 Å². The van der Waals surface area contributed by atoms with Crippen molar-refractivity contribution >= 4 is 29.1 Å². The Kier molecular flexibility index (Phi) is 14.6. The Morgan fingerprint density at radius 2 is 1.83 bits per heavy atom. The number of hydrogen-bond donors (Lipinski definition) is 2. The normalized spacial score (nSPS) is 19.6. The largest absolute Gasteiger partial charge is 0.379 e. The number of likely N-dealkylation sites (tertiary alicyclic amines) is 1. The summed E-state index contributed by atoms with van der Waals surface area (Å²) in [5, 5.41) is 5.98. The number of amides is 3. The molecule has 1 aliphatic rings. The van der Waals surface area contributed by atoms with E-state index >= 15 is 0 Å². The Morgan fingerprint density at radius 3 is 2.39 bits per heavy atom. The van der Waals surface area contributed by atoms with E-state index in [9.17, 15) is 14.4 Å². The summed E-state index contributed by atoms with van der Waals surface area (Å²) < 4.78 is 11.9. The molecule has 2 heterocycles. The first-order valence-electron chi connectivity index (χ1n) is 16.6. The maximum Gasteiger partial charge on any atom is 0.239 e. The summed E-state index contributed by atoms with van der Waals surface area (Å²) in [5.41, 5.74) is 7.35. The third kappa shape index (κ3) is 9.36. The van der Waals surface area contributed by atoms with E-state index in [4.69, 9.17) is 15.2 Å². The lowest BCUT2D eigenvalue weighted by Crippen LogP contribution is -2.56. The maximum absolute atomic E-state index is 14.0. The maximum atomic E-state index is 14.0. The number of nitrogens with zero attached hydrogens (tertiary/aromatic N) is 3. The summed E-state index contributed by atoms with van der Waals surface area (Å²) in [6, 6.07) is 8.53. The van der Waals surface area contributed by atoms with Gasteiger partial charge < -0.3 is 30.3 Å². The molecule has 3 N–H and O–H groups in total. The molecule has 8 atom stereocenters. The highest BCUT2D eigenvalue weighted by molar-refractivity contribution is 7.09. The van der Waals surface area contributed by atoms with Gasteiger partial charge in [-0.05, 0) is 36.7 Å². The van der Waals surface area contributed by atoms with Crippen molar-refractivity contribution in [2.45, 2.75) is 103 Å². The Hall–Kier alpha value is -2.86. The molecule has 0 saturated carbocycles. The number of aromatic nitrogens is 1. The van der Waals surface area contributed by atoms with Gasteiger partial charge >= 0.3 is 0 Å². The molecule has 2 aromatic rings. The fourth-order valence-electron chi connectivity index (χ4n) is 6.59. The topological polar surface area (TPSA) is 127 Å². The van der Waals surface area contributed by atoms with Gasteiger partial charge in [0.2, 0.25) is 17.7 Å². The van der Waals surface area contributed by atoms with Crippen LogP contribution in [0.4, 0.5) is 0 Å². The van der Waals surface area contributed by atoms with Gasteiger partial charge in [-0.15, -0.1) is 11.3 Å². The van der Waals surface area contributed by atoms with Gasteiger partial charge in [0.25, 0.3) is 0 Å². The van der Waals surface area contributed by atoms with Crippen LogP contribution >= 0.6 is 11.3 Å². The zero-order valence-electron chi connectivity index (χ0n) is 28.8. The van der Waals surface area contributed by atoms with Crippen molar-refractivity contribution in [2.75, 3.05) is 27.8 Å². The number of nitrogens with two attached hydrogens (primary N) is 1. The summed E-state index contributed by atoms with van der Waals surface area (Å²) in [5.74, 6) is -0.824. The molecule has 1 aromatic carbocycles. The number of ether oxygens (including phenoxy) is 2. The summed E-state index contributed by atoms with van der Waals surface area (Å²) in [7, 11) is 4.95. The van der Waals surface area contributed by atoms with Gasteiger partial charge in [0.1, 0.15) is 5.01 Å². The van der Waals surface area contributed by atoms with Gasteiger partial charge in [-0.25, -0.2) is 4.98 Å². The van der Waals surface area contributed by atoms with Gasteiger partial charge in [-0.2, -0.15) is 0 Å². The third-order valence-electron chi connectivity index (χ3n) is 9.61. The lowest BCUT2D eigenvalue weighted by molar-refractivity contribution is -0.146. The fourth-order valence-corrected chi connectivity index (χ4v) is 7.28. The first-order chi connectivity index (χ1) is 21.9. The Bertz CT molecular complexity index is 1230. The second-order valence-electron chi connectivity index (χ2n) is 13.0. The minimum absolute atomic E-state index is 0.0131. The average Bonchev–Trinajstić information content (AvgIpc) is 3.77. The Morgan fingerprint density at radius 1 is 1.13 bits per heavy atom. The zero-order chi connectivity index (χ0) is 34.0. The molecule has 11 heteroatoms. The Labute approximate surface area is 279 Å². The minimum atomic E-state index is -0.634. The lowest BCUT2D eigenvalue weighted by Gasteiger charge is -2.40. The highest BCUT2D eigenvalue weighted by atomic mass is 32.1. The number of benzene rings is 1. The van der Waals surface area contributed by atoms with Gasteiger partial charge in [0.15, 0.2) is 0 Å². The Balaban J connectivity index is 1.75. The second kappa shape index (κ2) is 17.9. The first-order valence-corrected chi connectivity index (χ1v) is 17.4. The number of carbonyl (C=O) groups excluding carboxylic acids is 3. The average molecular weight is 658 g/mol. The first kappa shape index (κ1) is 37.6. The van der Waals surface area contributed by atoms with Crippen LogP contribution in [0.25, 0.3) is 0 Å². The predicted octanol–water partition coefficient (Wildman–Crippen LogP) is 4.45. The van der Waals surface area contributed by atoms with Gasteiger partial charge in [0.05, 0.1) is 48.7 Å². The predicted molar refractivity (Wildman–Crippen MR) is 182 cm³/mol. The van der Waals surface area contributed by atoms with E-state index in [-0.39, 0.29) is 54.1 Å². The molecule has 1 aliphatic heterocycles. The summed E-state index contributed by atoms with van der Waals surface area (Å²) in [4.78, 5) is 49.0. The molecular formula is C35H55N5O5S. The molecule has 1 fully saturated rings. The van der Waals surface area contributed by atoms with Crippen molar-refractivity contribution in [1.29, 1.82) is 0 Å². The molecule has 0 radical (unpaired) electrons. The van der Waals surface area contributed by atoms with E-state index in [2.05, 4.69) is 24.1 Å². The summed E-state index contributed by atoms with van der Waals surface area (Å²) >= 11 is 1.51. The molecule has 3 amide bonds. The number of rotatable bonds is 17. The van der Waals surface area contributed by atoms with E-state index in [1.165, 1.54) is 11.3 Å². The number of nitrogens with one attached hydrogen (secondary N) is 1. The molecule has 0 aliphatic carbocycles. The monoisotopic (exact) mass is 657 g/mol. The van der Waals surface area contributed by atoms with Crippen LogP contribution < -0.4 is 11.1 Å². The van der Waals surface area contributed by atoms with Crippen LogP contribution in [0.5, 0.6) is 0 Å². The molecule has 0 spiro atoms. The third-order valence-corrected chi connectivity index (χ3v) is 10.5. The van der Waals surface area contributed by atoms with Crippen LogP contribution in [0, 0.1) is 17.8 Å². The molecule has 256 valence electrons. The van der Waals surface area contributed by atoms with E-state index in [0.29, 0.717) is 13.0 Å². The van der Waals surface area contributed by atoms with E-state index in [1.54, 1.807) is 32.4 Å². The van der Waals surface area contributed by atoms with Crippen molar-refractivity contribution in [3.05, 3.63) is 52.5 Å². The van der Waals surface area contributed by atoms with E-state index in [1.807, 2.05) is 61.4 Å². The molecule has 1 aromatic heterocycles. The molecule has 10 nitrogen and oxygen atoms in total. The second-order valence-corrected chi connectivity index (χ2v) is 13.9. The van der Waals surface area contributed by atoms with Gasteiger partial charge in [-0.3, -0.25) is 14.4 Å². The molecule has 46 heavy (non-hydrogen) atoms. The fraction of sp³-hybridized carbons (Fsp3) is 0.657. The molecular weight excluding hydrogens is 602 g/mol. The van der Waals surface area contributed by atoms with Gasteiger partial charge in [0, 0.05) is 39.4 Å². The quantitative estimate of drug-likeness (QED) is 0.258. The van der Waals surface area contributed by atoms with Crippen LogP contribution in [0.3, 0.4) is 0 Å². The highest BCUT2D eigenvalue weighted by Gasteiger charge is 2.42. The smallest absolute Gasteiger partial charge is 0.239 e. The number of thiazole rings is 1. The van der Waals surface area contributed by atoms with Crippen LogP contribution in [0.1, 0.15) is 76.9 Å². The van der Waals surface area contributed by atoms with Crippen LogP contribution in [-0.2, 0) is 30.3 Å². The van der Waals surface area contributed by atoms with Crippen molar-refractivity contribution in [3.63, 3.8) is 0 Å². The van der Waals surface area contributed by atoms with Crippen molar-refractivity contribution in [2.24, 2.45) is 23.5 Å².